The van der Waals surface area contributed by atoms with Gasteiger partial charge in [0, 0.05) is 17.0 Å². The van der Waals surface area contributed by atoms with Gasteiger partial charge < -0.3 is 10.4 Å². The first kappa shape index (κ1) is 15.8. The fraction of sp³-hybridized carbons (Fsp3) is 0.286. The third kappa shape index (κ3) is 3.65. The Bertz CT molecular complexity index is 785. The summed E-state index contributed by atoms with van der Waals surface area (Å²) in [5.74, 6) is 8.40. The fourth-order valence-corrected chi connectivity index (χ4v) is 2.79. The minimum absolute atomic E-state index is 0.493. The summed E-state index contributed by atoms with van der Waals surface area (Å²) in [4.78, 5) is 4.31. The minimum Gasteiger partial charge on any atom is -0.338 e. The van der Waals surface area contributed by atoms with Crippen molar-refractivity contribution in [1.29, 1.82) is 0 Å². The highest BCUT2D eigenvalue weighted by Gasteiger charge is 2.14. The predicted octanol–water partition coefficient (Wildman–Crippen LogP) is 2.94. The molecule has 0 amide bonds. The molecule has 2 aromatic heterocycles. The van der Waals surface area contributed by atoms with Crippen molar-refractivity contribution in [3.05, 3.63) is 41.0 Å². The van der Waals surface area contributed by atoms with Gasteiger partial charge in [0.2, 0.25) is 11.0 Å². The van der Waals surface area contributed by atoms with Crippen LogP contribution in [-0.4, -0.2) is 25.0 Å². The van der Waals surface area contributed by atoms with Gasteiger partial charge in [-0.2, -0.15) is 4.98 Å². The van der Waals surface area contributed by atoms with Crippen molar-refractivity contribution in [2.45, 2.75) is 30.7 Å². The van der Waals surface area contributed by atoms with E-state index in [1.54, 1.807) is 12.1 Å². The lowest BCUT2D eigenvalue weighted by molar-refractivity contribution is 0.384. The van der Waals surface area contributed by atoms with Crippen molar-refractivity contribution in [1.82, 2.24) is 25.0 Å². The van der Waals surface area contributed by atoms with Gasteiger partial charge in [0.05, 0.1) is 5.75 Å². The molecule has 0 saturated heterocycles. The zero-order valence-corrected chi connectivity index (χ0v) is 14.0. The fourth-order valence-electron chi connectivity index (χ4n) is 1.97. The molecule has 3 aromatic rings. The van der Waals surface area contributed by atoms with Gasteiger partial charge in [-0.1, -0.05) is 35.4 Å². The first-order chi connectivity index (χ1) is 11.2. The van der Waals surface area contributed by atoms with Crippen molar-refractivity contribution in [3.63, 3.8) is 0 Å². The van der Waals surface area contributed by atoms with Crippen molar-refractivity contribution >= 4 is 23.4 Å². The SMILES string of the molecule is CCCc1noc(CSc2nnc(-c3ccc(Cl)cc3)n2N)n1. The molecule has 2 N–H and O–H groups in total. The first-order valence-corrected chi connectivity index (χ1v) is 8.44. The molecule has 0 unspecified atom stereocenters. The minimum atomic E-state index is 0.493. The zero-order valence-electron chi connectivity index (χ0n) is 12.4. The van der Waals surface area contributed by atoms with E-state index >= 15 is 0 Å². The normalized spacial score (nSPS) is 11.0. The molecule has 1 aromatic carbocycles. The molecular weight excluding hydrogens is 336 g/mol. The van der Waals surface area contributed by atoms with E-state index in [0.29, 0.717) is 27.6 Å². The Balaban J connectivity index is 1.70. The summed E-state index contributed by atoms with van der Waals surface area (Å²) in [6.45, 7) is 2.07. The van der Waals surface area contributed by atoms with Crippen LogP contribution in [0.1, 0.15) is 25.1 Å². The standard InChI is InChI=1S/C14H15ClN6OS/c1-2-3-11-17-12(22-20-11)8-23-14-19-18-13(21(14)16)9-4-6-10(15)7-5-9/h4-7H,2-3,8,16H2,1H3. The molecule has 0 bridgehead atoms. The van der Waals surface area contributed by atoms with Crippen LogP contribution in [0.3, 0.4) is 0 Å². The number of halogens is 1. The smallest absolute Gasteiger partial charge is 0.237 e. The van der Waals surface area contributed by atoms with E-state index in [4.69, 9.17) is 22.0 Å². The van der Waals surface area contributed by atoms with Gasteiger partial charge in [0.1, 0.15) is 0 Å². The maximum atomic E-state index is 6.06. The molecule has 0 aliphatic rings. The number of thioether (sulfide) groups is 1. The number of hydrogen-bond acceptors (Lipinski definition) is 7. The van der Waals surface area contributed by atoms with E-state index in [-0.39, 0.29) is 0 Å². The van der Waals surface area contributed by atoms with Crippen LogP contribution in [0.5, 0.6) is 0 Å². The number of aryl methyl sites for hydroxylation is 1. The molecule has 9 heteroatoms. The van der Waals surface area contributed by atoms with E-state index in [1.165, 1.54) is 16.4 Å². The maximum absolute atomic E-state index is 6.06. The Morgan fingerprint density at radius 3 is 2.78 bits per heavy atom. The Labute approximate surface area is 142 Å². The third-order valence-electron chi connectivity index (χ3n) is 3.08. The Hall–Kier alpha value is -2.06. The quantitative estimate of drug-likeness (QED) is 0.539. The van der Waals surface area contributed by atoms with Gasteiger partial charge in [0.25, 0.3) is 0 Å². The van der Waals surface area contributed by atoms with Crippen LogP contribution in [0.15, 0.2) is 33.9 Å². The Morgan fingerprint density at radius 2 is 2.04 bits per heavy atom. The van der Waals surface area contributed by atoms with Gasteiger partial charge in [-0.3, -0.25) is 0 Å². The molecular formula is C14H15ClN6OS. The predicted molar refractivity (Wildman–Crippen MR) is 88.5 cm³/mol. The van der Waals surface area contributed by atoms with Crippen molar-refractivity contribution in [2.75, 3.05) is 5.84 Å². The van der Waals surface area contributed by atoms with Crippen molar-refractivity contribution in [3.8, 4) is 11.4 Å². The lowest BCUT2D eigenvalue weighted by Gasteiger charge is -2.02. The molecule has 0 fully saturated rings. The van der Waals surface area contributed by atoms with Gasteiger partial charge >= 0.3 is 0 Å². The lowest BCUT2D eigenvalue weighted by atomic mass is 10.2. The number of nitrogens with two attached hydrogens (primary N) is 1. The molecule has 0 aliphatic carbocycles. The van der Waals surface area contributed by atoms with Crippen LogP contribution >= 0.6 is 23.4 Å². The summed E-state index contributed by atoms with van der Waals surface area (Å²) in [6.07, 6.45) is 1.79. The Kier molecular flexibility index (Phi) is 4.82. The van der Waals surface area contributed by atoms with Crippen LogP contribution in [0, 0.1) is 0 Å². The zero-order chi connectivity index (χ0) is 16.2. The summed E-state index contributed by atoms with van der Waals surface area (Å²) in [7, 11) is 0. The third-order valence-corrected chi connectivity index (χ3v) is 4.26. The van der Waals surface area contributed by atoms with E-state index in [2.05, 4.69) is 27.3 Å². The van der Waals surface area contributed by atoms with Crippen LogP contribution in [-0.2, 0) is 12.2 Å². The monoisotopic (exact) mass is 350 g/mol. The van der Waals surface area contributed by atoms with Crippen molar-refractivity contribution in [2.24, 2.45) is 0 Å². The second-order valence-corrected chi connectivity index (χ2v) is 6.21. The van der Waals surface area contributed by atoms with Crippen LogP contribution in [0.2, 0.25) is 5.02 Å². The number of rotatable bonds is 6. The molecule has 0 radical (unpaired) electrons. The number of aromatic nitrogens is 5. The van der Waals surface area contributed by atoms with Crippen LogP contribution < -0.4 is 5.84 Å². The average Bonchev–Trinajstić information content (AvgIpc) is 3.14. The number of hydrogen-bond donors (Lipinski definition) is 1. The highest BCUT2D eigenvalue weighted by molar-refractivity contribution is 7.98. The summed E-state index contributed by atoms with van der Waals surface area (Å²) >= 11 is 7.28. The van der Waals surface area contributed by atoms with Crippen LogP contribution in [0.25, 0.3) is 11.4 Å². The summed E-state index contributed by atoms with van der Waals surface area (Å²) in [6, 6.07) is 7.26. The molecule has 120 valence electrons. The summed E-state index contributed by atoms with van der Waals surface area (Å²) < 4.78 is 6.63. The molecule has 23 heavy (non-hydrogen) atoms. The van der Waals surface area contributed by atoms with E-state index in [9.17, 15) is 0 Å². The molecule has 0 spiro atoms. The van der Waals surface area contributed by atoms with Crippen LogP contribution in [0.4, 0.5) is 0 Å². The number of benzene rings is 1. The highest BCUT2D eigenvalue weighted by Crippen LogP contribution is 2.24. The molecule has 0 atom stereocenters. The van der Waals surface area contributed by atoms with Gasteiger partial charge in [-0.15, -0.1) is 10.2 Å². The molecule has 3 rings (SSSR count). The molecule has 7 nitrogen and oxygen atoms in total. The largest absolute Gasteiger partial charge is 0.338 e. The molecule has 2 heterocycles. The van der Waals surface area contributed by atoms with Gasteiger partial charge in [0.15, 0.2) is 11.6 Å². The lowest BCUT2D eigenvalue weighted by Crippen LogP contribution is -2.11. The van der Waals surface area contributed by atoms with Gasteiger partial charge in [-0.25, -0.2) is 4.68 Å². The second-order valence-electron chi connectivity index (χ2n) is 4.83. The van der Waals surface area contributed by atoms with E-state index < -0.39 is 0 Å². The molecule has 0 aliphatic heterocycles. The second kappa shape index (κ2) is 7.01. The van der Waals surface area contributed by atoms with Gasteiger partial charge in [-0.05, 0) is 30.7 Å². The number of nitrogen functional groups attached to an aromatic ring is 1. The highest BCUT2D eigenvalue weighted by atomic mass is 35.5. The Morgan fingerprint density at radius 1 is 1.26 bits per heavy atom. The van der Waals surface area contributed by atoms with E-state index in [0.717, 1.165) is 24.2 Å². The molecule has 0 saturated carbocycles. The van der Waals surface area contributed by atoms with Crippen molar-refractivity contribution < 1.29 is 4.52 Å². The topological polar surface area (TPSA) is 95.7 Å². The first-order valence-electron chi connectivity index (χ1n) is 7.08. The number of nitrogens with zero attached hydrogens (tertiary/aromatic N) is 5. The maximum Gasteiger partial charge on any atom is 0.237 e. The summed E-state index contributed by atoms with van der Waals surface area (Å²) in [5, 5.41) is 13.4. The average molecular weight is 351 g/mol. The summed E-state index contributed by atoms with van der Waals surface area (Å²) in [5.41, 5.74) is 0.847. The van der Waals surface area contributed by atoms with E-state index in [1.807, 2.05) is 12.1 Å².